The molecule has 3 nitrogen and oxygen atoms in total. The Balaban J connectivity index is 2.91. The maximum Gasteiger partial charge on any atom is 0.258 e. The minimum absolute atomic E-state index is 0.215. The molecule has 0 aliphatic heterocycles. The molecule has 2 rings (SSSR count). The van der Waals surface area contributed by atoms with Crippen molar-refractivity contribution in [3.05, 3.63) is 51.7 Å². The molecule has 0 spiro atoms. The molecule has 78 valence electrons. The summed E-state index contributed by atoms with van der Waals surface area (Å²) >= 11 is 0. The van der Waals surface area contributed by atoms with Gasteiger partial charge in [0.1, 0.15) is 5.82 Å². The number of nitrogens with two attached hydrogens (primary N) is 1. The number of fused-ring (bicyclic) bond motifs is 1. The van der Waals surface area contributed by atoms with Crippen LogP contribution < -0.4 is 11.3 Å². The van der Waals surface area contributed by atoms with Crippen molar-refractivity contribution in [2.75, 3.05) is 0 Å². The van der Waals surface area contributed by atoms with E-state index in [0.29, 0.717) is 17.6 Å². The molecule has 0 aliphatic carbocycles. The zero-order valence-electron chi connectivity index (χ0n) is 8.33. The van der Waals surface area contributed by atoms with Gasteiger partial charge in [-0.2, -0.15) is 0 Å². The zero-order chi connectivity index (χ0) is 11.0. The van der Waals surface area contributed by atoms with Gasteiger partial charge in [0.25, 0.3) is 5.56 Å². The average molecular weight is 206 g/mol. The second-order valence-electron chi connectivity index (χ2n) is 3.45. The highest BCUT2D eigenvalue weighted by molar-refractivity contribution is 5.50. The lowest BCUT2D eigenvalue weighted by Gasteiger charge is -2.06. The van der Waals surface area contributed by atoms with Crippen LogP contribution in [0.1, 0.15) is 11.1 Å². The normalized spacial score (nSPS) is 10.9. The minimum atomic E-state index is -0.426. The van der Waals surface area contributed by atoms with E-state index in [1.165, 1.54) is 16.7 Å². The molecular formula is C11H11FN2O. The van der Waals surface area contributed by atoms with Crippen molar-refractivity contribution in [3.8, 4) is 0 Å². The molecule has 0 amide bonds. The Labute approximate surface area is 86.0 Å². The number of hydrogen-bond acceptors (Lipinski definition) is 2. The van der Waals surface area contributed by atoms with Gasteiger partial charge in [0.15, 0.2) is 0 Å². The average Bonchev–Trinajstić information content (AvgIpc) is 2.24. The molecule has 4 heteroatoms. The van der Waals surface area contributed by atoms with E-state index in [0.717, 1.165) is 5.56 Å². The topological polar surface area (TPSA) is 47.5 Å². The van der Waals surface area contributed by atoms with Gasteiger partial charge in [0.05, 0.1) is 0 Å². The first-order chi connectivity index (χ1) is 7.13. The molecule has 0 aromatic carbocycles. The molecule has 2 aromatic heterocycles. The summed E-state index contributed by atoms with van der Waals surface area (Å²) in [6.45, 7) is 2.01. The van der Waals surface area contributed by atoms with Crippen LogP contribution in [-0.2, 0) is 6.54 Å². The Kier molecular flexibility index (Phi) is 2.28. The lowest BCUT2D eigenvalue weighted by atomic mass is 10.1. The van der Waals surface area contributed by atoms with Gasteiger partial charge < -0.3 is 5.73 Å². The minimum Gasteiger partial charge on any atom is -0.326 e. The van der Waals surface area contributed by atoms with E-state index in [2.05, 4.69) is 0 Å². The quantitative estimate of drug-likeness (QED) is 0.762. The van der Waals surface area contributed by atoms with E-state index in [9.17, 15) is 9.18 Å². The fourth-order valence-corrected chi connectivity index (χ4v) is 1.60. The van der Waals surface area contributed by atoms with Crippen molar-refractivity contribution >= 4 is 5.52 Å². The lowest BCUT2D eigenvalue weighted by molar-refractivity contribution is 0.618. The number of halogens is 1. The first-order valence-corrected chi connectivity index (χ1v) is 4.64. The molecular weight excluding hydrogens is 195 g/mol. The smallest absolute Gasteiger partial charge is 0.258 e. The van der Waals surface area contributed by atoms with E-state index in [1.807, 2.05) is 0 Å². The molecule has 0 unspecified atom stereocenters. The molecule has 0 saturated heterocycles. The number of nitrogens with zero attached hydrogens (tertiary/aromatic N) is 1. The maximum atomic E-state index is 12.9. The standard InChI is InChI=1S/C11H11FN2O/c1-7-8(5-13)4-10-3-2-9(12)6-14(10)11(7)15/h2-4,6H,5,13H2,1H3. The molecule has 2 N–H and O–H groups in total. The SMILES string of the molecule is Cc1c(CN)cc2ccc(F)cn2c1=O. The third-order valence-electron chi connectivity index (χ3n) is 2.51. The van der Waals surface area contributed by atoms with Crippen LogP contribution in [0.4, 0.5) is 4.39 Å². The highest BCUT2D eigenvalue weighted by Gasteiger charge is 2.05. The highest BCUT2D eigenvalue weighted by Crippen LogP contribution is 2.09. The number of rotatable bonds is 1. The Morgan fingerprint density at radius 3 is 2.87 bits per heavy atom. The second kappa shape index (κ2) is 3.47. The predicted molar refractivity (Wildman–Crippen MR) is 56.3 cm³/mol. The maximum absolute atomic E-state index is 12.9. The third kappa shape index (κ3) is 1.53. The van der Waals surface area contributed by atoms with Gasteiger partial charge in [-0.25, -0.2) is 4.39 Å². The summed E-state index contributed by atoms with van der Waals surface area (Å²) in [4.78, 5) is 11.8. The zero-order valence-corrected chi connectivity index (χ0v) is 8.33. The van der Waals surface area contributed by atoms with Crippen molar-refractivity contribution in [2.24, 2.45) is 5.73 Å². The summed E-state index contributed by atoms with van der Waals surface area (Å²) in [6, 6.07) is 4.69. The first-order valence-electron chi connectivity index (χ1n) is 4.64. The Morgan fingerprint density at radius 1 is 1.47 bits per heavy atom. The third-order valence-corrected chi connectivity index (χ3v) is 2.51. The molecule has 0 aliphatic rings. The predicted octanol–water partition coefficient (Wildman–Crippen LogP) is 1.21. The van der Waals surface area contributed by atoms with E-state index in [-0.39, 0.29) is 5.56 Å². The molecule has 2 aromatic rings. The lowest BCUT2D eigenvalue weighted by Crippen LogP contribution is -2.19. The highest BCUT2D eigenvalue weighted by atomic mass is 19.1. The molecule has 2 heterocycles. The van der Waals surface area contributed by atoms with Crippen molar-refractivity contribution in [1.29, 1.82) is 0 Å². The van der Waals surface area contributed by atoms with Gasteiger partial charge >= 0.3 is 0 Å². The van der Waals surface area contributed by atoms with E-state index >= 15 is 0 Å². The van der Waals surface area contributed by atoms with Gasteiger partial charge in [0, 0.05) is 23.8 Å². The Hall–Kier alpha value is -1.68. The van der Waals surface area contributed by atoms with Crippen LogP contribution in [0.2, 0.25) is 0 Å². The van der Waals surface area contributed by atoms with Crippen molar-refractivity contribution in [3.63, 3.8) is 0 Å². The fraction of sp³-hybridized carbons (Fsp3) is 0.182. The molecule has 0 bridgehead atoms. The fourth-order valence-electron chi connectivity index (χ4n) is 1.60. The first kappa shape index (κ1) is 9.86. The van der Waals surface area contributed by atoms with Crippen LogP contribution in [0.3, 0.4) is 0 Å². The monoisotopic (exact) mass is 206 g/mol. The van der Waals surface area contributed by atoms with Crippen LogP contribution in [0.5, 0.6) is 0 Å². The largest absolute Gasteiger partial charge is 0.326 e. The van der Waals surface area contributed by atoms with Crippen molar-refractivity contribution in [2.45, 2.75) is 13.5 Å². The Morgan fingerprint density at radius 2 is 2.20 bits per heavy atom. The summed E-state index contributed by atoms with van der Waals surface area (Å²) in [6.07, 6.45) is 1.19. The second-order valence-corrected chi connectivity index (χ2v) is 3.45. The van der Waals surface area contributed by atoms with E-state index in [1.54, 1.807) is 19.1 Å². The number of aromatic nitrogens is 1. The van der Waals surface area contributed by atoms with Crippen LogP contribution in [0.25, 0.3) is 5.52 Å². The molecule has 15 heavy (non-hydrogen) atoms. The van der Waals surface area contributed by atoms with E-state index < -0.39 is 5.82 Å². The number of hydrogen-bond donors (Lipinski definition) is 1. The summed E-state index contributed by atoms with van der Waals surface area (Å²) in [5, 5.41) is 0. The van der Waals surface area contributed by atoms with E-state index in [4.69, 9.17) is 5.73 Å². The van der Waals surface area contributed by atoms with Crippen molar-refractivity contribution < 1.29 is 4.39 Å². The van der Waals surface area contributed by atoms with Gasteiger partial charge in [-0.3, -0.25) is 9.20 Å². The molecule has 0 saturated carbocycles. The Bertz CT molecular complexity index is 575. The van der Waals surface area contributed by atoms with Crippen LogP contribution in [0, 0.1) is 12.7 Å². The molecule has 0 fully saturated rings. The van der Waals surface area contributed by atoms with Gasteiger partial charge in [0.2, 0.25) is 0 Å². The van der Waals surface area contributed by atoms with Crippen LogP contribution >= 0.6 is 0 Å². The summed E-state index contributed by atoms with van der Waals surface area (Å²) in [5.74, 6) is -0.426. The summed E-state index contributed by atoms with van der Waals surface area (Å²) in [5.41, 5.74) is 7.33. The number of pyridine rings is 2. The summed E-state index contributed by atoms with van der Waals surface area (Å²) < 4.78 is 14.2. The van der Waals surface area contributed by atoms with Crippen LogP contribution in [0.15, 0.2) is 29.2 Å². The van der Waals surface area contributed by atoms with Gasteiger partial charge in [-0.15, -0.1) is 0 Å². The summed E-state index contributed by atoms with van der Waals surface area (Å²) in [7, 11) is 0. The van der Waals surface area contributed by atoms with Gasteiger partial charge in [-0.1, -0.05) is 0 Å². The van der Waals surface area contributed by atoms with Crippen molar-refractivity contribution in [1.82, 2.24) is 4.40 Å². The van der Waals surface area contributed by atoms with Crippen LogP contribution in [-0.4, -0.2) is 4.40 Å². The van der Waals surface area contributed by atoms with Gasteiger partial charge in [-0.05, 0) is 30.7 Å². The molecule has 0 radical (unpaired) electrons. The molecule has 0 atom stereocenters.